The number of cyclic esters (lactones) is 1. The molecule has 8 nitrogen and oxygen atoms in total. The molecule has 0 aliphatic carbocycles. The van der Waals surface area contributed by atoms with E-state index in [9.17, 15) is 14.0 Å². The molecule has 2 heterocycles. The molecular formula is C16H21FN4O4. The number of carbonyl (C=O) groups is 2. The molecule has 2 fully saturated rings. The van der Waals surface area contributed by atoms with E-state index in [4.69, 9.17) is 15.6 Å². The molecule has 25 heavy (non-hydrogen) atoms. The number of hydrogen-bond donors (Lipinski definition) is 3. The quantitative estimate of drug-likeness (QED) is 0.761. The molecule has 9 heteroatoms. The predicted octanol–water partition coefficient (Wildman–Crippen LogP) is 1.66. The third-order valence-corrected chi connectivity index (χ3v) is 4.53. The molecule has 2 amide bonds. The van der Waals surface area contributed by atoms with Gasteiger partial charge in [0.15, 0.2) is 0 Å². The number of ether oxygens (including phenoxy) is 1. The number of nitrogens with one attached hydrogen (secondary N) is 1. The summed E-state index contributed by atoms with van der Waals surface area (Å²) in [5.74, 6) is -0.470. The lowest BCUT2D eigenvalue weighted by Crippen LogP contribution is -2.41. The number of halogens is 1. The van der Waals surface area contributed by atoms with Crippen LogP contribution in [0.5, 0.6) is 0 Å². The largest absolute Gasteiger partial charge is 0.465 e. The number of likely N-dealkylation sites (tertiary alicyclic amines) is 1. The number of nitrogens with two attached hydrogens (primary N) is 1. The van der Waals surface area contributed by atoms with Crippen molar-refractivity contribution in [3.05, 3.63) is 24.0 Å². The van der Waals surface area contributed by atoms with Crippen molar-refractivity contribution < 1.29 is 23.8 Å². The predicted molar refractivity (Wildman–Crippen MR) is 89.3 cm³/mol. The summed E-state index contributed by atoms with van der Waals surface area (Å²) in [6, 6.07) is 4.53. The van der Waals surface area contributed by atoms with E-state index in [1.165, 1.54) is 15.9 Å². The number of rotatable bonds is 4. The number of amides is 2. The van der Waals surface area contributed by atoms with Crippen LogP contribution in [-0.4, -0.2) is 60.5 Å². The molecule has 1 aromatic rings. The smallest absolute Gasteiger partial charge is 0.414 e. The van der Waals surface area contributed by atoms with Gasteiger partial charge < -0.3 is 25.8 Å². The Morgan fingerprint density at radius 3 is 2.68 bits per heavy atom. The topological polar surface area (TPSA) is 108 Å². The Bertz CT molecular complexity index is 664. The molecule has 1 atom stereocenters. The molecule has 3 rings (SSSR count). The number of piperidine rings is 1. The minimum atomic E-state index is -0.928. The zero-order valence-electron chi connectivity index (χ0n) is 13.7. The molecule has 0 saturated carbocycles. The zero-order chi connectivity index (χ0) is 18.0. The fourth-order valence-electron chi connectivity index (χ4n) is 3.08. The van der Waals surface area contributed by atoms with Gasteiger partial charge in [-0.1, -0.05) is 0 Å². The first-order valence-electron chi connectivity index (χ1n) is 8.20. The second kappa shape index (κ2) is 7.14. The zero-order valence-corrected chi connectivity index (χ0v) is 13.7. The first kappa shape index (κ1) is 17.3. The lowest BCUT2D eigenvalue weighted by molar-refractivity contribution is 0.133. The lowest BCUT2D eigenvalue weighted by Gasteiger charge is -2.31. The van der Waals surface area contributed by atoms with Gasteiger partial charge in [-0.05, 0) is 31.0 Å². The van der Waals surface area contributed by atoms with Gasteiger partial charge in [0.25, 0.3) is 0 Å². The van der Waals surface area contributed by atoms with Gasteiger partial charge in [0.1, 0.15) is 11.9 Å². The first-order chi connectivity index (χ1) is 12.0. The van der Waals surface area contributed by atoms with Gasteiger partial charge in [-0.15, -0.1) is 0 Å². The Balaban J connectivity index is 1.63. The van der Waals surface area contributed by atoms with E-state index in [2.05, 4.69) is 5.32 Å². The fourth-order valence-corrected chi connectivity index (χ4v) is 3.08. The van der Waals surface area contributed by atoms with Crippen molar-refractivity contribution in [1.29, 1.82) is 0 Å². The van der Waals surface area contributed by atoms with Crippen LogP contribution in [0, 0.1) is 5.82 Å². The maximum Gasteiger partial charge on any atom is 0.414 e. The van der Waals surface area contributed by atoms with E-state index in [0.29, 0.717) is 43.9 Å². The highest BCUT2D eigenvalue weighted by Crippen LogP contribution is 2.27. The van der Waals surface area contributed by atoms with Crippen molar-refractivity contribution in [1.82, 2.24) is 4.90 Å². The summed E-state index contributed by atoms with van der Waals surface area (Å²) in [6.45, 7) is 1.37. The monoisotopic (exact) mass is 352 g/mol. The molecule has 0 unspecified atom stereocenters. The molecule has 1 aromatic carbocycles. The maximum atomic E-state index is 14.4. The Kier molecular flexibility index (Phi) is 4.93. The summed E-state index contributed by atoms with van der Waals surface area (Å²) in [7, 11) is 0. The Morgan fingerprint density at radius 1 is 1.40 bits per heavy atom. The number of hydrogen-bond acceptors (Lipinski definition) is 5. The van der Waals surface area contributed by atoms with Crippen LogP contribution in [-0.2, 0) is 4.74 Å². The number of anilines is 2. The summed E-state index contributed by atoms with van der Waals surface area (Å²) < 4.78 is 19.5. The number of benzene rings is 1. The van der Waals surface area contributed by atoms with Gasteiger partial charge in [-0.3, -0.25) is 4.90 Å². The second-order valence-corrected chi connectivity index (χ2v) is 6.20. The van der Waals surface area contributed by atoms with E-state index in [1.807, 2.05) is 0 Å². The minimum Gasteiger partial charge on any atom is -0.465 e. The number of carboxylic acid groups (broad SMARTS) is 1. The van der Waals surface area contributed by atoms with Crippen molar-refractivity contribution >= 4 is 23.6 Å². The molecule has 0 bridgehead atoms. The highest BCUT2D eigenvalue weighted by molar-refractivity contribution is 5.90. The van der Waals surface area contributed by atoms with E-state index in [0.717, 1.165) is 0 Å². The average Bonchev–Trinajstić information content (AvgIpc) is 2.98. The Hall–Kier alpha value is -2.55. The van der Waals surface area contributed by atoms with Gasteiger partial charge >= 0.3 is 12.2 Å². The maximum absolute atomic E-state index is 14.4. The van der Waals surface area contributed by atoms with Gasteiger partial charge in [-0.2, -0.15) is 0 Å². The molecule has 0 radical (unpaired) electrons. The molecule has 2 aliphatic heterocycles. The van der Waals surface area contributed by atoms with Crippen molar-refractivity contribution in [2.75, 3.05) is 36.4 Å². The van der Waals surface area contributed by atoms with Crippen LogP contribution in [0.15, 0.2) is 18.2 Å². The van der Waals surface area contributed by atoms with Crippen LogP contribution in [0.4, 0.5) is 25.4 Å². The van der Waals surface area contributed by atoms with Crippen molar-refractivity contribution in [3.8, 4) is 0 Å². The summed E-state index contributed by atoms with van der Waals surface area (Å²) in [5, 5.41) is 12.1. The number of carbonyl (C=O) groups excluding carboxylic acids is 1. The summed E-state index contributed by atoms with van der Waals surface area (Å²) in [5.41, 5.74) is 6.25. The van der Waals surface area contributed by atoms with Gasteiger partial charge in [0.2, 0.25) is 0 Å². The van der Waals surface area contributed by atoms with Crippen LogP contribution in [0.2, 0.25) is 0 Å². The highest BCUT2D eigenvalue weighted by Gasteiger charge is 2.32. The Morgan fingerprint density at radius 2 is 2.12 bits per heavy atom. The van der Waals surface area contributed by atoms with Gasteiger partial charge in [0.05, 0.1) is 17.9 Å². The van der Waals surface area contributed by atoms with Crippen molar-refractivity contribution in [3.63, 3.8) is 0 Å². The molecule has 0 aromatic heterocycles. The molecule has 2 saturated heterocycles. The SMILES string of the molecule is NC[C@H]1CN(c2ccc(NC3CCN(C(=O)O)CC3)c(F)c2)C(=O)O1. The van der Waals surface area contributed by atoms with Gasteiger partial charge in [0, 0.05) is 25.7 Å². The third kappa shape index (κ3) is 3.76. The van der Waals surface area contributed by atoms with Gasteiger partial charge in [-0.25, -0.2) is 14.0 Å². The molecule has 136 valence electrons. The van der Waals surface area contributed by atoms with Crippen molar-refractivity contribution in [2.24, 2.45) is 5.73 Å². The lowest BCUT2D eigenvalue weighted by atomic mass is 10.0. The Labute approximate surface area is 144 Å². The summed E-state index contributed by atoms with van der Waals surface area (Å²) in [4.78, 5) is 25.4. The van der Waals surface area contributed by atoms with Crippen LogP contribution < -0.4 is 16.0 Å². The molecule has 2 aliphatic rings. The molecule has 4 N–H and O–H groups in total. The fraction of sp³-hybridized carbons (Fsp3) is 0.500. The second-order valence-electron chi connectivity index (χ2n) is 6.20. The summed E-state index contributed by atoms with van der Waals surface area (Å²) in [6.07, 6.45) is -0.611. The molecular weight excluding hydrogens is 331 g/mol. The average molecular weight is 352 g/mol. The normalized spacial score (nSPS) is 21.4. The number of nitrogens with zero attached hydrogens (tertiary/aromatic N) is 2. The van der Waals surface area contributed by atoms with Crippen LogP contribution >= 0.6 is 0 Å². The van der Waals surface area contributed by atoms with E-state index in [1.54, 1.807) is 12.1 Å². The standard InChI is InChI=1S/C16H21FN4O4/c17-13-7-11(21-9-12(8-18)25-16(21)24)1-2-14(13)19-10-3-5-20(6-4-10)15(22)23/h1-2,7,10,12,19H,3-6,8-9,18H2,(H,22,23)/t12-/m0/s1. The van der Waals surface area contributed by atoms with Crippen LogP contribution in [0.3, 0.4) is 0 Å². The van der Waals surface area contributed by atoms with Crippen molar-refractivity contribution in [2.45, 2.75) is 25.0 Å². The first-order valence-corrected chi connectivity index (χ1v) is 8.20. The molecule has 0 spiro atoms. The van der Waals surface area contributed by atoms with E-state index < -0.39 is 18.0 Å². The minimum absolute atomic E-state index is 0.00863. The van der Waals surface area contributed by atoms with Crippen LogP contribution in [0.1, 0.15) is 12.8 Å². The highest BCUT2D eigenvalue weighted by atomic mass is 19.1. The van der Waals surface area contributed by atoms with Crippen LogP contribution in [0.25, 0.3) is 0 Å². The van der Waals surface area contributed by atoms with E-state index in [-0.39, 0.29) is 18.7 Å². The third-order valence-electron chi connectivity index (χ3n) is 4.53. The van der Waals surface area contributed by atoms with E-state index >= 15 is 0 Å². The summed E-state index contributed by atoms with van der Waals surface area (Å²) >= 11 is 0.